The van der Waals surface area contributed by atoms with Crippen LogP contribution < -0.4 is 10.5 Å². The van der Waals surface area contributed by atoms with Crippen molar-refractivity contribution in [2.45, 2.75) is 13.8 Å². The van der Waals surface area contributed by atoms with Crippen molar-refractivity contribution in [2.75, 3.05) is 12.3 Å². The highest BCUT2D eigenvalue weighted by atomic mass is 35.5. The second-order valence-electron chi connectivity index (χ2n) is 4.51. The first-order valence-electron chi connectivity index (χ1n) is 6.52. The van der Waals surface area contributed by atoms with E-state index in [1.54, 1.807) is 37.3 Å². The SMILES string of the molecule is CCOC(=O)c1cc(Oc2ccc(C)cc2Cl)ccc1N. The molecule has 0 heterocycles. The lowest BCUT2D eigenvalue weighted by molar-refractivity contribution is 0.0527. The maximum atomic E-state index is 11.8. The molecule has 110 valence electrons. The van der Waals surface area contributed by atoms with Crippen LogP contribution in [0.15, 0.2) is 36.4 Å². The molecule has 0 aliphatic carbocycles. The molecule has 0 aliphatic heterocycles. The Hall–Kier alpha value is -2.20. The fourth-order valence-electron chi connectivity index (χ4n) is 1.80. The molecule has 0 amide bonds. The van der Waals surface area contributed by atoms with E-state index in [-0.39, 0.29) is 12.2 Å². The average Bonchev–Trinajstić information content (AvgIpc) is 2.44. The second-order valence-corrected chi connectivity index (χ2v) is 4.91. The van der Waals surface area contributed by atoms with E-state index in [9.17, 15) is 4.79 Å². The van der Waals surface area contributed by atoms with E-state index in [4.69, 9.17) is 26.8 Å². The number of carbonyl (C=O) groups excluding carboxylic acids is 1. The zero-order chi connectivity index (χ0) is 15.4. The summed E-state index contributed by atoms with van der Waals surface area (Å²) in [4.78, 5) is 11.8. The molecule has 4 nitrogen and oxygen atoms in total. The van der Waals surface area contributed by atoms with Crippen molar-refractivity contribution in [2.24, 2.45) is 0 Å². The Bertz CT molecular complexity index is 671. The Morgan fingerprint density at radius 2 is 2.00 bits per heavy atom. The van der Waals surface area contributed by atoms with Gasteiger partial charge in [-0.1, -0.05) is 17.7 Å². The van der Waals surface area contributed by atoms with Gasteiger partial charge in [-0.05, 0) is 49.7 Å². The number of esters is 1. The van der Waals surface area contributed by atoms with Crippen LogP contribution in [-0.2, 0) is 4.74 Å². The largest absolute Gasteiger partial charge is 0.462 e. The predicted molar refractivity (Wildman–Crippen MR) is 83.1 cm³/mol. The molecular formula is C16H16ClNO3. The summed E-state index contributed by atoms with van der Waals surface area (Å²) in [5, 5.41) is 0.504. The van der Waals surface area contributed by atoms with Gasteiger partial charge in [0, 0.05) is 5.69 Å². The van der Waals surface area contributed by atoms with Crippen molar-refractivity contribution in [1.82, 2.24) is 0 Å². The van der Waals surface area contributed by atoms with Crippen molar-refractivity contribution >= 4 is 23.3 Å². The average molecular weight is 306 g/mol. The Kier molecular flexibility index (Phi) is 4.70. The highest BCUT2D eigenvalue weighted by Crippen LogP contribution is 2.31. The molecule has 0 fully saturated rings. The van der Waals surface area contributed by atoms with Gasteiger partial charge in [0.25, 0.3) is 0 Å². The lowest BCUT2D eigenvalue weighted by Gasteiger charge is -2.11. The van der Waals surface area contributed by atoms with Crippen LogP contribution in [0.1, 0.15) is 22.8 Å². The summed E-state index contributed by atoms with van der Waals surface area (Å²) in [5.74, 6) is 0.510. The van der Waals surface area contributed by atoms with Gasteiger partial charge in [-0.25, -0.2) is 4.79 Å². The minimum absolute atomic E-state index is 0.276. The summed E-state index contributed by atoms with van der Waals surface area (Å²) in [6, 6.07) is 10.3. The number of carbonyl (C=O) groups is 1. The number of nitrogen functional groups attached to an aromatic ring is 1. The molecule has 0 radical (unpaired) electrons. The Morgan fingerprint density at radius 1 is 1.24 bits per heavy atom. The topological polar surface area (TPSA) is 61.5 Å². The van der Waals surface area contributed by atoms with Crippen molar-refractivity contribution < 1.29 is 14.3 Å². The van der Waals surface area contributed by atoms with Crippen LogP contribution in [0.5, 0.6) is 11.5 Å². The smallest absolute Gasteiger partial charge is 0.340 e. The lowest BCUT2D eigenvalue weighted by Crippen LogP contribution is -2.08. The first-order chi connectivity index (χ1) is 10.0. The zero-order valence-electron chi connectivity index (χ0n) is 11.9. The van der Waals surface area contributed by atoms with E-state index in [0.717, 1.165) is 5.56 Å². The van der Waals surface area contributed by atoms with Gasteiger partial charge in [-0.2, -0.15) is 0 Å². The number of hydrogen-bond acceptors (Lipinski definition) is 4. The van der Waals surface area contributed by atoms with E-state index in [2.05, 4.69) is 0 Å². The Balaban J connectivity index is 2.28. The summed E-state index contributed by atoms with van der Waals surface area (Å²) in [6.07, 6.45) is 0. The van der Waals surface area contributed by atoms with Crippen molar-refractivity contribution in [3.8, 4) is 11.5 Å². The third-order valence-electron chi connectivity index (χ3n) is 2.84. The number of anilines is 1. The lowest BCUT2D eigenvalue weighted by atomic mass is 10.1. The second kappa shape index (κ2) is 6.50. The number of halogens is 1. The predicted octanol–water partition coefficient (Wildman–Crippen LogP) is 4.20. The molecule has 21 heavy (non-hydrogen) atoms. The fourth-order valence-corrected chi connectivity index (χ4v) is 2.07. The molecule has 0 atom stereocenters. The summed E-state index contributed by atoms with van der Waals surface area (Å²) in [7, 11) is 0. The first-order valence-corrected chi connectivity index (χ1v) is 6.89. The maximum absolute atomic E-state index is 11.8. The molecule has 2 rings (SSSR count). The van der Waals surface area contributed by atoms with Crippen molar-refractivity contribution in [1.29, 1.82) is 0 Å². The number of hydrogen-bond donors (Lipinski definition) is 1. The van der Waals surface area contributed by atoms with Gasteiger partial charge in [0.1, 0.15) is 11.5 Å². The summed E-state index contributed by atoms with van der Waals surface area (Å²) >= 11 is 6.12. The van der Waals surface area contributed by atoms with Gasteiger partial charge < -0.3 is 15.2 Å². The molecule has 5 heteroatoms. The van der Waals surface area contributed by atoms with Crippen LogP contribution in [0.3, 0.4) is 0 Å². The number of benzene rings is 2. The van der Waals surface area contributed by atoms with E-state index < -0.39 is 5.97 Å². The van der Waals surface area contributed by atoms with Crippen LogP contribution in [0.25, 0.3) is 0 Å². The van der Waals surface area contributed by atoms with Crippen LogP contribution in [0, 0.1) is 6.92 Å². The quantitative estimate of drug-likeness (QED) is 0.679. The molecule has 0 spiro atoms. The van der Waals surface area contributed by atoms with Gasteiger partial charge in [0.15, 0.2) is 0 Å². The standard InChI is InChI=1S/C16H16ClNO3/c1-3-20-16(19)12-9-11(5-6-14(12)18)21-15-7-4-10(2)8-13(15)17/h4-9H,3,18H2,1-2H3. The molecule has 2 aromatic rings. The number of nitrogens with two attached hydrogens (primary N) is 1. The van der Waals surface area contributed by atoms with Crippen LogP contribution in [0.2, 0.25) is 5.02 Å². The highest BCUT2D eigenvalue weighted by Gasteiger charge is 2.13. The van der Waals surface area contributed by atoms with E-state index >= 15 is 0 Å². The Labute approximate surface area is 128 Å². The monoisotopic (exact) mass is 305 g/mol. The van der Waals surface area contributed by atoms with Crippen LogP contribution in [0.4, 0.5) is 5.69 Å². The van der Waals surface area contributed by atoms with Gasteiger partial charge in [-0.3, -0.25) is 0 Å². The molecule has 2 N–H and O–H groups in total. The van der Waals surface area contributed by atoms with Crippen LogP contribution in [-0.4, -0.2) is 12.6 Å². The van der Waals surface area contributed by atoms with E-state index in [1.165, 1.54) is 0 Å². The number of ether oxygens (including phenoxy) is 2. The molecule has 0 saturated carbocycles. The third-order valence-corrected chi connectivity index (χ3v) is 3.13. The number of rotatable bonds is 4. The fraction of sp³-hybridized carbons (Fsp3) is 0.188. The normalized spacial score (nSPS) is 10.2. The maximum Gasteiger partial charge on any atom is 0.340 e. The van der Waals surface area contributed by atoms with Gasteiger partial charge >= 0.3 is 5.97 Å². The van der Waals surface area contributed by atoms with Crippen molar-refractivity contribution in [3.63, 3.8) is 0 Å². The van der Waals surface area contributed by atoms with E-state index in [0.29, 0.717) is 22.2 Å². The first kappa shape index (κ1) is 15.2. The molecule has 2 aromatic carbocycles. The number of aryl methyl sites for hydroxylation is 1. The van der Waals surface area contributed by atoms with Gasteiger partial charge in [0.05, 0.1) is 17.2 Å². The molecule has 0 aromatic heterocycles. The van der Waals surface area contributed by atoms with Crippen molar-refractivity contribution in [3.05, 3.63) is 52.5 Å². The summed E-state index contributed by atoms with van der Waals surface area (Å²) < 4.78 is 10.6. The van der Waals surface area contributed by atoms with Crippen LogP contribution >= 0.6 is 11.6 Å². The summed E-state index contributed by atoms with van der Waals surface area (Å²) in [5.41, 5.74) is 7.44. The Morgan fingerprint density at radius 3 is 2.67 bits per heavy atom. The zero-order valence-corrected chi connectivity index (χ0v) is 12.6. The molecule has 0 unspecified atom stereocenters. The van der Waals surface area contributed by atoms with E-state index in [1.807, 2.05) is 13.0 Å². The minimum Gasteiger partial charge on any atom is -0.462 e. The molecule has 0 bridgehead atoms. The molecular weight excluding hydrogens is 290 g/mol. The van der Waals surface area contributed by atoms with Gasteiger partial charge in [0.2, 0.25) is 0 Å². The molecule has 0 saturated heterocycles. The summed E-state index contributed by atoms with van der Waals surface area (Å²) in [6.45, 7) is 3.96. The molecule has 0 aliphatic rings. The van der Waals surface area contributed by atoms with Gasteiger partial charge in [-0.15, -0.1) is 0 Å². The third kappa shape index (κ3) is 3.67. The highest BCUT2D eigenvalue weighted by molar-refractivity contribution is 6.32. The minimum atomic E-state index is -0.476.